The van der Waals surface area contributed by atoms with Crippen molar-refractivity contribution in [2.24, 2.45) is 0 Å². The van der Waals surface area contributed by atoms with Gasteiger partial charge in [0, 0.05) is 11.6 Å². The van der Waals surface area contributed by atoms with Crippen LogP contribution in [0, 0.1) is 5.82 Å². The first-order valence-electron chi connectivity index (χ1n) is 10.2. The van der Waals surface area contributed by atoms with E-state index in [1.54, 1.807) is 5.38 Å². The average molecular weight is 480 g/mol. The van der Waals surface area contributed by atoms with Gasteiger partial charge in [0.2, 0.25) is 0 Å². The van der Waals surface area contributed by atoms with Gasteiger partial charge < -0.3 is 5.32 Å². The molecule has 0 saturated carbocycles. The van der Waals surface area contributed by atoms with Gasteiger partial charge in [0.25, 0.3) is 10.0 Å². The first-order chi connectivity index (χ1) is 14.9. The predicted octanol–water partition coefficient (Wildman–Crippen LogP) is 6.18. The minimum absolute atomic E-state index is 0.0694. The van der Waals surface area contributed by atoms with E-state index < -0.39 is 20.7 Å². The molecule has 0 bridgehead atoms. The van der Waals surface area contributed by atoms with E-state index in [9.17, 15) is 12.8 Å². The number of hydrogen-bond acceptors (Lipinski definition) is 5. The number of anilines is 2. The number of aryl methyl sites for hydroxylation is 2. The van der Waals surface area contributed by atoms with Crippen molar-refractivity contribution in [3.8, 4) is 0 Å². The normalized spacial score (nSPS) is 14.7. The lowest BCUT2D eigenvalue weighted by atomic mass is 9.88. The molecule has 5 nitrogen and oxygen atoms in total. The zero-order chi connectivity index (χ0) is 22.0. The molecule has 9 heteroatoms. The largest absolute Gasteiger partial charge is 0.377 e. The Kier molecular flexibility index (Phi) is 6.50. The molecule has 0 aliphatic heterocycles. The molecule has 1 atom stereocenters. The fourth-order valence-electron chi connectivity index (χ4n) is 3.87. The number of hydrogen-bond donors (Lipinski definition) is 2. The maximum absolute atomic E-state index is 14.8. The van der Waals surface area contributed by atoms with Gasteiger partial charge in [-0.15, -0.1) is 11.3 Å². The molecule has 1 aromatic heterocycles. The van der Waals surface area contributed by atoms with Gasteiger partial charge in [0.1, 0.15) is 10.7 Å². The summed E-state index contributed by atoms with van der Waals surface area (Å²) in [4.78, 5) is 3.36. The summed E-state index contributed by atoms with van der Waals surface area (Å²) < 4.78 is 42.2. The molecule has 1 aliphatic carbocycles. The Balaban J connectivity index is 1.59. The highest BCUT2D eigenvalue weighted by molar-refractivity contribution is 7.93. The molecule has 2 N–H and O–H groups in total. The van der Waals surface area contributed by atoms with Crippen LogP contribution in [0.3, 0.4) is 0 Å². The van der Waals surface area contributed by atoms with E-state index in [4.69, 9.17) is 11.6 Å². The Morgan fingerprint density at radius 1 is 1.19 bits per heavy atom. The summed E-state index contributed by atoms with van der Waals surface area (Å²) in [5.74, 6) is -0.878. The van der Waals surface area contributed by atoms with Crippen LogP contribution < -0.4 is 10.0 Å². The second kappa shape index (κ2) is 9.14. The Hall–Kier alpha value is -2.16. The van der Waals surface area contributed by atoms with Crippen molar-refractivity contribution in [1.82, 2.24) is 4.98 Å². The second-order valence-electron chi connectivity index (χ2n) is 7.55. The standard InChI is InChI=1S/C22H23ClFN3O2S2/c1-2-19(16-8-7-14-5-3-4-6-15(14)11-16)26-20-13-18(24)21(12-17(20)23)31(28,29)27-22-25-9-10-30-22/h7-13,19,26H,2-6H2,1H3,(H,25,27). The van der Waals surface area contributed by atoms with Crippen molar-refractivity contribution in [1.29, 1.82) is 0 Å². The topological polar surface area (TPSA) is 71.1 Å². The molecular weight excluding hydrogens is 457 g/mol. The minimum atomic E-state index is -4.14. The van der Waals surface area contributed by atoms with E-state index in [1.165, 1.54) is 30.2 Å². The van der Waals surface area contributed by atoms with Gasteiger partial charge in [0.15, 0.2) is 5.13 Å². The Morgan fingerprint density at radius 2 is 1.97 bits per heavy atom. The minimum Gasteiger partial charge on any atom is -0.377 e. The van der Waals surface area contributed by atoms with Gasteiger partial charge >= 0.3 is 0 Å². The molecule has 164 valence electrons. The lowest BCUT2D eigenvalue weighted by Crippen LogP contribution is -2.16. The van der Waals surface area contributed by atoms with Crippen molar-refractivity contribution in [2.45, 2.75) is 50.0 Å². The summed E-state index contributed by atoms with van der Waals surface area (Å²) in [6, 6.07) is 8.70. The zero-order valence-electron chi connectivity index (χ0n) is 17.0. The van der Waals surface area contributed by atoms with Crippen molar-refractivity contribution < 1.29 is 12.8 Å². The molecule has 31 heavy (non-hydrogen) atoms. The first kappa shape index (κ1) is 22.0. The summed E-state index contributed by atoms with van der Waals surface area (Å²) in [6.07, 6.45) is 6.84. The number of benzene rings is 2. The Morgan fingerprint density at radius 3 is 2.68 bits per heavy atom. The Labute approximate surface area is 190 Å². The third-order valence-corrected chi connectivity index (χ3v) is 7.96. The summed E-state index contributed by atoms with van der Waals surface area (Å²) >= 11 is 7.47. The molecule has 0 spiro atoms. The monoisotopic (exact) mass is 479 g/mol. The molecule has 1 heterocycles. The highest BCUT2D eigenvalue weighted by Crippen LogP contribution is 2.34. The number of aromatic nitrogens is 1. The summed E-state index contributed by atoms with van der Waals surface area (Å²) in [5, 5.41) is 5.21. The van der Waals surface area contributed by atoms with Crippen LogP contribution in [0.4, 0.5) is 15.2 Å². The first-order valence-corrected chi connectivity index (χ1v) is 12.9. The molecule has 0 fully saturated rings. The van der Waals surface area contributed by atoms with Crippen LogP contribution in [0.15, 0.2) is 46.8 Å². The van der Waals surface area contributed by atoms with Crippen molar-refractivity contribution in [2.75, 3.05) is 10.0 Å². The summed E-state index contributed by atoms with van der Waals surface area (Å²) in [5.41, 5.74) is 4.24. The predicted molar refractivity (Wildman–Crippen MR) is 124 cm³/mol. The van der Waals surface area contributed by atoms with E-state index in [0.29, 0.717) is 5.69 Å². The molecule has 1 unspecified atom stereocenters. The second-order valence-corrected chi connectivity index (χ2v) is 10.5. The SMILES string of the molecule is CCC(Nc1cc(F)c(S(=O)(=O)Nc2nccs2)cc1Cl)c1ccc2c(c1)CCCC2. The van der Waals surface area contributed by atoms with E-state index >= 15 is 0 Å². The van der Waals surface area contributed by atoms with Gasteiger partial charge in [-0.3, -0.25) is 4.72 Å². The van der Waals surface area contributed by atoms with E-state index in [2.05, 4.69) is 33.2 Å². The number of fused-ring (bicyclic) bond motifs is 1. The van der Waals surface area contributed by atoms with Gasteiger partial charge in [-0.25, -0.2) is 17.8 Å². The van der Waals surface area contributed by atoms with Gasteiger partial charge in [-0.05, 0) is 60.9 Å². The highest BCUT2D eigenvalue weighted by Gasteiger charge is 2.23. The van der Waals surface area contributed by atoms with Crippen LogP contribution in [0.2, 0.25) is 5.02 Å². The lowest BCUT2D eigenvalue weighted by Gasteiger charge is -2.23. The van der Waals surface area contributed by atoms with Crippen LogP contribution in [-0.2, 0) is 22.9 Å². The fraction of sp³-hybridized carbons (Fsp3) is 0.318. The molecule has 1 aliphatic rings. The smallest absolute Gasteiger partial charge is 0.266 e. The molecule has 0 radical (unpaired) electrons. The lowest BCUT2D eigenvalue weighted by molar-refractivity contribution is 0.570. The van der Waals surface area contributed by atoms with E-state index in [1.807, 2.05) is 6.92 Å². The van der Waals surface area contributed by atoms with Crippen molar-refractivity contribution in [3.63, 3.8) is 0 Å². The average Bonchev–Trinajstić information content (AvgIpc) is 3.25. The number of nitrogens with one attached hydrogen (secondary N) is 2. The van der Waals surface area contributed by atoms with Crippen LogP contribution in [0.25, 0.3) is 0 Å². The third-order valence-electron chi connectivity index (χ3n) is 5.48. The summed E-state index contributed by atoms with van der Waals surface area (Å²) in [7, 11) is -4.14. The molecule has 2 aromatic carbocycles. The van der Waals surface area contributed by atoms with Crippen LogP contribution in [0.1, 0.15) is 48.9 Å². The number of sulfonamides is 1. The number of nitrogens with zero attached hydrogens (tertiary/aromatic N) is 1. The number of rotatable bonds is 7. The van der Waals surface area contributed by atoms with E-state index in [0.717, 1.165) is 48.3 Å². The molecule has 0 amide bonds. The number of halogens is 2. The van der Waals surface area contributed by atoms with Crippen LogP contribution in [0.5, 0.6) is 0 Å². The zero-order valence-corrected chi connectivity index (χ0v) is 19.4. The van der Waals surface area contributed by atoms with Crippen LogP contribution >= 0.6 is 22.9 Å². The van der Waals surface area contributed by atoms with Crippen molar-refractivity contribution in [3.05, 3.63) is 69.4 Å². The maximum Gasteiger partial charge on any atom is 0.266 e. The third kappa shape index (κ3) is 4.86. The maximum atomic E-state index is 14.8. The Bertz CT molecular complexity index is 1180. The van der Waals surface area contributed by atoms with Gasteiger partial charge in [-0.1, -0.05) is 36.7 Å². The molecule has 3 aromatic rings. The molecule has 0 saturated heterocycles. The fourth-order valence-corrected chi connectivity index (χ4v) is 6.03. The van der Waals surface area contributed by atoms with Crippen molar-refractivity contribution >= 4 is 43.8 Å². The van der Waals surface area contributed by atoms with Gasteiger partial charge in [-0.2, -0.15) is 0 Å². The van der Waals surface area contributed by atoms with Crippen LogP contribution in [-0.4, -0.2) is 13.4 Å². The highest BCUT2D eigenvalue weighted by atomic mass is 35.5. The number of thiazole rings is 1. The molecule has 4 rings (SSSR count). The summed E-state index contributed by atoms with van der Waals surface area (Å²) in [6.45, 7) is 2.04. The van der Waals surface area contributed by atoms with Gasteiger partial charge in [0.05, 0.1) is 16.8 Å². The molecular formula is C22H23ClFN3O2S2. The quantitative estimate of drug-likeness (QED) is 0.424. The van der Waals surface area contributed by atoms with E-state index in [-0.39, 0.29) is 16.2 Å².